The van der Waals surface area contributed by atoms with Crippen LogP contribution >= 0.6 is 11.6 Å². The zero-order valence-electron chi connectivity index (χ0n) is 15.4. The van der Waals surface area contributed by atoms with Gasteiger partial charge < -0.3 is 9.64 Å². The summed E-state index contributed by atoms with van der Waals surface area (Å²) in [5.41, 5.74) is 4.05. The standard InChI is InChI=1S/C21H21ClN4O/c1-14-15(2)24-20(16-7-9-23-10-8-16)25-21(14)26-11-12-27-19(13-26)17-5-3-4-6-18(17)22/h3-10,19H,11-13H2,1-2H3. The van der Waals surface area contributed by atoms with Crippen molar-refractivity contribution in [2.45, 2.75) is 20.0 Å². The maximum absolute atomic E-state index is 6.38. The number of rotatable bonds is 3. The first kappa shape index (κ1) is 17.9. The summed E-state index contributed by atoms with van der Waals surface area (Å²) in [4.78, 5) is 15.9. The molecule has 0 spiro atoms. The monoisotopic (exact) mass is 380 g/mol. The summed E-state index contributed by atoms with van der Waals surface area (Å²) in [5.74, 6) is 1.67. The van der Waals surface area contributed by atoms with E-state index in [0.29, 0.717) is 13.2 Å². The molecule has 0 aliphatic carbocycles. The van der Waals surface area contributed by atoms with Gasteiger partial charge in [0.05, 0.1) is 6.61 Å². The van der Waals surface area contributed by atoms with Gasteiger partial charge in [-0.25, -0.2) is 9.97 Å². The normalized spacial score (nSPS) is 17.1. The highest BCUT2D eigenvalue weighted by atomic mass is 35.5. The van der Waals surface area contributed by atoms with E-state index in [-0.39, 0.29) is 6.10 Å². The first-order valence-electron chi connectivity index (χ1n) is 9.00. The number of nitrogens with zero attached hydrogens (tertiary/aromatic N) is 4. The lowest BCUT2D eigenvalue weighted by Crippen LogP contribution is -2.39. The minimum Gasteiger partial charge on any atom is -0.370 e. The predicted molar refractivity (Wildman–Crippen MR) is 107 cm³/mol. The van der Waals surface area contributed by atoms with E-state index in [1.807, 2.05) is 43.3 Å². The molecule has 5 nitrogen and oxygen atoms in total. The zero-order chi connectivity index (χ0) is 18.8. The number of hydrogen-bond donors (Lipinski definition) is 0. The van der Waals surface area contributed by atoms with Gasteiger partial charge in [-0.05, 0) is 32.0 Å². The number of ether oxygens (including phenoxy) is 1. The number of halogens is 1. The molecule has 1 saturated heterocycles. The number of anilines is 1. The van der Waals surface area contributed by atoms with Crippen molar-refractivity contribution in [2.75, 3.05) is 24.6 Å². The van der Waals surface area contributed by atoms with E-state index in [2.05, 4.69) is 21.8 Å². The Morgan fingerprint density at radius 2 is 1.85 bits per heavy atom. The molecule has 6 heteroatoms. The van der Waals surface area contributed by atoms with Gasteiger partial charge in [0.25, 0.3) is 0 Å². The maximum atomic E-state index is 6.38. The quantitative estimate of drug-likeness (QED) is 0.674. The van der Waals surface area contributed by atoms with Crippen LogP contribution in [0.5, 0.6) is 0 Å². The largest absolute Gasteiger partial charge is 0.370 e. The summed E-state index contributed by atoms with van der Waals surface area (Å²) < 4.78 is 6.00. The van der Waals surface area contributed by atoms with Gasteiger partial charge >= 0.3 is 0 Å². The van der Waals surface area contributed by atoms with Crippen LogP contribution in [0, 0.1) is 13.8 Å². The molecule has 1 fully saturated rings. The highest BCUT2D eigenvalue weighted by Crippen LogP contribution is 2.32. The molecule has 138 valence electrons. The van der Waals surface area contributed by atoms with Crippen LogP contribution in [0.1, 0.15) is 22.9 Å². The molecule has 1 atom stereocenters. The van der Waals surface area contributed by atoms with Crippen LogP contribution in [0.2, 0.25) is 5.02 Å². The molecule has 1 aliphatic heterocycles. The second kappa shape index (κ2) is 7.62. The minimum absolute atomic E-state index is 0.0773. The third kappa shape index (κ3) is 3.66. The van der Waals surface area contributed by atoms with E-state index in [4.69, 9.17) is 21.3 Å². The first-order chi connectivity index (χ1) is 13.1. The van der Waals surface area contributed by atoms with Crippen LogP contribution in [0.15, 0.2) is 48.8 Å². The molecule has 1 aromatic carbocycles. The van der Waals surface area contributed by atoms with E-state index in [0.717, 1.165) is 45.6 Å². The number of pyridine rings is 1. The van der Waals surface area contributed by atoms with Gasteiger partial charge in [-0.15, -0.1) is 0 Å². The lowest BCUT2D eigenvalue weighted by Gasteiger charge is -2.35. The summed E-state index contributed by atoms with van der Waals surface area (Å²) in [6.07, 6.45) is 3.44. The summed E-state index contributed by atoms with van der Waals surface area (Å²) in [6, 6.07) is 11.7. The molecule has 0 saturated carbocycles. The van der Waals surface area contributed by atoms with Crippen molar-refractivity contribution in [2.24, 2.45) is 0 Å². The Morgan fingerprint density at radius 3 is 2.63 bits per heavy atom. The fraction of sp³-hybridized carbons (Fsp3) is 0.286. The van der Waals surface area contributed by atoms with Crippen LogP contribution in [0.4, 0.5) is 5.82 Å². The number of aryl methyl sites for hydroxylation is 1. The molecule has 0 radical (unpaired) electrons. The van der Waals surface area contributed by atoms with Crippen molar-refractivity contribution in [3.05, 3.63) is 70.6 Å². The number of benzene rings is 1. The van der Waals surface area contributed by atoms with E-state index in [1.54, 1.807) is 12.4 Å². The Labute approximate surface area is 164 Å². The van der Waals surface area contributed by atoms with Crippen molar-refractivity contribution < 1.29 is 4.74 Å². The highest BCUT2D eigenvalue weighted by Gasteiger charge is 2.26. The molecule has 3 aromatic rings. The fourth-order valence-electron chi connectivity index (χ4n) is 3.32. The Balaban J connectivity index is 1.68. The van der Waals surface area contributed by atoms with E-state index in [9.17, 15) is 0 Å². The third-order valence-electron chi connectivity index (χ3n) is 4.92. The van der Waals surface area contributed by atoms with E-state index in [1.165, 1.54) is 0 Å². The SMILES string of the molecule is Cc1nc(-c2ccncc2)nc(N2CCOC(c3ccccc3Cl)C2)c1C. The predicted octanol–water partition coefficient (Wildman–Crippen LogP) is 4.39. The molecule has 4 rings (SSSR count). The molecule has 0 bridgehead atoms. The summed E-state index contributed by atoms with van der Waals surface area (Å²) in [6.45, 7) is 6.21. The smallest absolute Gasteiger partial charge is 0.161 e. The highest BCUT2D eigenvalue weighted by molar-refractivity contribution is 6.31. The number of hydrogen-bond acceptors (Lipinski definition) is 5. The molecule has 0 amide bonds. The van der Waals surface area contributed by atoms with Gasteiger partial charge in [-0.2, -0.15) is 0 Å². The average molecular weight is 381 g/mol. The Hall–Kier alpha value is -2.50. The number of aromatic nitrogens is 3. The molecular weight excluding hydrogens is 360 g/mol. The van der Waals surface area contributed by atoms with Crippen molar-refractivity contribution in [3.8, 4) is 11.4 Å². The molecule has 1 unspecified atom stereocenters. The summed E-state index contributed by atoms with van der Waals surface area (Å²) in [7, 11) is 0. The first-order valence-corrected chi connectivity index (χ1v) is 9.38. The van der Waals surface area contributed by atoms with Crippen LogP contribution in [0.3, 0.4) is 0 Å². The Morgan fingerprint density at radius 1 is 1.07 bits per heavy atom. The van der Waals surface area contributed by atoms with Gasteiger partial charge in [0.1, 0.15) is 11.9 Å². The van der Waals surface area contributed by atoms with E-state index >= 15 is 0 Å². The molecule has 1 aliphatic rings. The Kier molecular flexibility index (Phi) is 5.05. The maximum Gasteiger partial charge on any atom is 0.161 e. The summed E-state index contributed by atoms with van der Waals surface area (Å²) >= 11 is 6.38. The van der Waals surface area contributed by atoms with Crippen molar-refractivity contribution in [1.82, 2.24) is 15.0 Å². The molecular formula is C21H21ClN4O. The molecule has 0 N–H and O–H groups in total. The van der Waals surface area contributed by atoms with Gasteiger partial charge in [0, 0.05) is 52.9 Å². The van der Waals surface area contributed by atoms with Crippen molar-refractivity contribution in [3.63, 3.8) is 0 Å². The van der Waals surface area contributed by atoms with Crippen LogP contribution < -0.4 is 4.90 Å². The van der Waals surface area contributed by atoms with Crippen LogP contribution in [-0.2, 0) is 4.74 Å². The van der Waals surface area contributed by atoms with Crippen molar-refractivity contribution in [1.29, 1.82) is 0 Å². The van der Waals surface area contributed by atoms with Crippen LogP contribution in [-0.4, -0.2) is 34.6 Å². The minimum atomic E-state index is -0.0773. The molecule has 3 heterocycles. The lowest BCUT2D eigenvalue weighted by atomic mass is 10.1. The zero-order valence-corrected chi connectivity index (χ0v) is 16.1. The lowest BCUT2D eigenvalue weighted by molar-refractivity contribution is 0.0395. The Bertz CT molecular complexity index is 948. The van der Waals surface area contributed by atoms with Gasteiger partial charge in [-0.1, -0.05) is 29.8 Å². The number of morpholine rings is 1. The second-order valence-corrected chi connectivity index (χ2v) is 7.05. The third-order valence-corrected chi connectivity index (χ3v) is 5.26. The van der Waals surface area contributed by atoms with Crippen LogP contribution in [0.25, 0.3) is 11.4 Å². The van der Waals surface area contributed by atoms with Crippen molar-refractivity contribution >= 4 is 17.4 Å². The second-order valence-electron chi connectivity index (χ2n) is 6.64. The molecule has 27 heavy (non-hydrogen) atoms. The summed E-state index contributed by atoms with van der Waals surface area (Å²) in [5, 5.41) is 0.734. The molecule has 2 aromatic heterocycles. The van der Waals surface area contributed by atoms with Gasteiger partial charge in [0.2, 0.25) is 0 Å². The topological polar surface area (TPSA) is 51.1 Å². The fourth-order valence-corrected chi connectivity index (χ4v) is 3.58. The average Bonchev–Trinajstić information content (AvgIpc) is 2.71. The van der Waals surface area contributed by atoms with Gasteiger partial charge in [0.15, 0.2) is 5.82 Å². The van der Waals surface area contributed by atoms with Gasteiger partial charge in [-0.3, -0.25) is 4.98 Å². The van der Waals surface area contributed by atoms with E-state index < -0.39 is 0 Å².